The van der Waals surface area contributed by atoms with Crippen molar-refractivity contribution in [1.82, 2.24) is 5.10 Å². The van der Waals surface area contributed by atoms with Gasteiger partial charge in [0.05, 0.1) is 12.7 Å². The molecule has 0 amide bonds. The Morgan fingerprint density at radius 1 is 1.05 bits per heavy atom. The number of ether oxygens (including phenoxy) is 1. The minimum Gasteiger partial charge on any atom is -1.00 e. The van der Waals surface area contributed by atoms with E-state index in [1.165, 1.54) is 0 Å². The third-order valence-corrected chi connectivity index (χ3v) is 4.16. The Kier molecular flexibility index (Phi) is 5.35. The molecule has 0 atom stereocenters. The van der Waals surface area contributed by atoms with Crippen molar-refractivity contribution in [1.29, 1.82) is 0 Å². The van der Waals surface area contributed by atoms with E-state index in [0.717, 1.165) is 27.1 Å². The van der Waals surface area contributed by atoms with Crippen molar-refractivity contribution in [3.05, 3.63) is 54.6 Å². The summed E-state index contributed by atoms with van der Waals surface area (Å²) in [4.78, 5) is 0. The molecule has 4 nitrogen and oxygen atoms in total. The molecule has 0 aliphatic rings. The molecular weight excluding hydrogens is 318 g/mol. The molecule has 0 saturated heterocycles. The van der Waals surface area contributed by atoms with E-state index in [4.69, 9.17) is 4.74 Å². The minimum atomic E-state index is 0. The molecule has 22 heavy (non-hydrogen) atoms. The minimum absolute atomic E-state index is 0. The smallest absolute Gasteiger partial charge is 0.297 e. The van der Waals surface area contributed by atoms with Crippen LogP contribution in [0.2, 0.25) is 0 Å². The van der Waals surface area contributed by atoms with Crippen LogP contribution >= 0.6 is 11.3 Å². The summed E-state index contributed by atoms with van der Waals surface area (Å²) in [6, 6.07) is 18.0. The summed E-state index contributed by atoms with van der Waals surface area (Å²) in [7, 11) is 3.62. The maximum atomic E-state index is 5.19. The number of nitrogens with one attached hydrogen (secondary N) is 1. The maximum Gasteiger partial charge on any atom is 0.297 e. The third-order valence-electron chi connectivity index (χ3n) is 3.09. The van der Waals surface area contributed by atoms with Gasteiger partial charge in [-0.2, -0.15) is 0 Å². The highest BCUT2D eigenvalue weighted by Gasteiger charge is 2.18. The summed E-state index contributed by atoms with van der Waals surface area (Å²) in [5.41, 5.74) is 2.16. The SMILES string of the molecule is COc1ccc(-c2sc(Nc3ccccc3)n[n+]2C)cc1.[Cl-]. The van der Waals surface area contributed by atoms with Crippen molar-refractivity contribution in [3.8, 4) is 16.3 Å². The quantitative estimate of drug-likeness (QED) is 0.702. The van der Waals surface area contributed by atoms with Gasteiger partial charge < -0.3 is 22.5 Å². The lowest BCUT2D eigenvalue weighted by molar-refractivity contribution is -0.714. The van der Waals surface area contributed by atoms with Crippen LogP contribution in [0, 0.1) is 0 Å². The highest BCUT2D eigenvalue weighted by atomic mass is 35.5. The fraction of sp³-hybridized carbons (Fsp3) is 0.125. The molecule has 0 bridgehead atoms. The fourth-order valence-corrected chi connectivity index (χ4v) is 2.98. The Labute approximate surface area is 139 Å². The van der Waals surface area contributed by atoms with E-state index in [0.29, 0.717) is 0 Å². The second-order valence-corrected chi connectivity index (χ2v) is 5.53. The van der Waals surface area contributed by atoms with Crippen molar-refractivity contribution < 1.29 is 21.8 Å². The molecule has 6 heteroatoms. The van der Waals surface area contributed by atoms with Gasteiger partial charge in [-0.25, -0.2) is 0 Å². The van der Waals surface area contributed by atoms with Gasteiger partial charge in [-0.05, 0) is 47.7 Å². The van der Waals surface area contributed by atoms with E-state index >= 15 is 0 Å². The van der Waals surface area contributed by atoms with Crippen LogP contribution < -0.4 is 27.1 Å². The van der Waals surface area contributed by atoms with Crippen molar-refractivity contribution in [3.63, 3.8) is 0 Å². The van der Waals surface area contributed by atoms with E-state index < -0.39 is 0 Å². The lowest BCUT2D eigenvalue weighted by Gasteiger charge is -1.98. The number of benzene rings is 2. The molecule has 1 heterocycles. The van der Waals surface area contributed by atoms with Crippen molar-refractivity contribution in [2.45, 2.75) is 0 Å². The molecule has 1 aromatic heterocycles. The van der Waals surface area contributed by atoms with Crippen LogP contribution in [0.1, 0.15) is 0 Å². The number of rotatable bonds is 4. The van der Waals surface area contributed by atoms with E-state index in [-0.39, 0.29) is 12.4 Å². The first kappa shape index (κ1) is 16.3. The van der Waals surface area contributed by atoms with Gasteiger partial charge in [-0.3, -0.25) is 0 Å². The van der Waals surface area contributed by atoms with Gasteiger partial charge in [0, 0.05) is 10.8 Å². The van der Waals surface area contributed by atoms with Gasteiger partial charge in [0.2, 0.25) is 0 Å². The van der Waals surface area contributed by atoms with Crippen LogP contribution in [0.4, 0.5) is 10.8 Å². The summed E-state index contributed by atoms with van der Waals surface area (Å²) in [6.07, 6.45) is 0. The zero-order chi connectivity index (χ0) is 14.7. The zero-order valence-corrected chi connectivity index (χ0v) is 13.9. The molecule has 0 spiro atoms. The Balaban J connectivity index is 0.00000176. The second-order valence-electron chi connectivity index (χ2n) is 4.56. The molecule has 0 aliphatic carbocycles. The van der Waals surface area contributed by atoms with Gasteiger partial charge >= 0.3 is 0 Å². The maximum absolute atomic E-state index is 5.19. The Hall–Kier alpha value is -2.11. The lowest BCUT2D eigenvalue weighted by atomic mass is 10.2. The normalized spacial score (nSPS) is 9.91. The predicted octanol–water partition coefficient (Wildman–Crippen LogP) is 0.391. The van der Waals surface area contributed by atoms with Crippen molar-refractivity contribution in [2.24, 2.45) is 7.05 Å². The first-order chi connectivity index (χ1) is 10.3. The monoisotopic (exact) mass is 333 g/mol. The molecule has 0 fully saturated rings. The highest BCUT2D eigenvalue weighted by Crippen LogP contribution is 2.28. The molecule has 0 radical (unpaired) electrons. The van der Waals surface area contributed by atoms with Crippen LogP contribution in [0.25, 0.3) is 10.6 Å². The average Bonchev–Trinajstić information content (AvgIpc) is 2.89. The molecule has 2 aromatic carbocycles. The van der Waals surface area contributed by atoms with Crippen LogP contribution in [0.3, 0.4) is 0 Å². The number of hydrogen-bond donors (Lipinski definition) is 1. The van der Waals surface area contributed by atoms with Crippen molar-refractivity contribution >= 4 is 22.2 Å². The number of methoxy groups -OCH3 is 1. The number of halogens is 1. The summed E-state index contributed by atoms with van der Waals surface area (Å²) in [6.45, 7) is 0. The van der Waals surface area contributed by atoms with Gasteiger partial charge in [0.1, 0.15) is 5.75 Å². The number of aryl methyl sites for hydroxylation is 1. The van der Waals surface area contributed by atoms with Crippen molar-refractivity contribution in [2.75, 3.05) is 12.4 Å². The molecule has 3 aromatic rings. The molecule has 114 valence electrons. The van der Waals surface area contributed by atoms with Gasteiger partial charge in [-0.1, -0.05) is 22.9 Å². The summed E-state index contributed by atoms with van der Waals surface area (Å²) in [5, 5.41) is 9.80. The summed E-state index contributed by atoms with van der Waals surface area (Å²) in [5.74, 6) is 0.855. The topological polar surface area (TPSA) is 38.0 Å². The number of aromatic nitrogens is 2. The van der Waals surface area contributed by atoms with Crippen LogP contribution in [-0.2, 0) is 7.05 Å². The number of nitrogens with zero attached hydrogens (tertiary/aromatic N) is 2. The van der Waals surface area contributed by atoms with Gasteiger partial charge in [-0.15, -0.1) is 0 Å². The Bertz CT molecular complexity index is 729. The third kappa shape index (κ3) is 3.55. The second kappa shape index (κ2) is 7.24. The van der Waals surface area contributed by atoms with Crippen LogP contribution in [-0.4, -0.2) is 12.2 Å². The largest absolute Gasteiger partial charge is 1.00 e. The fourth-order valence-electron chi connectivity index (χ4n) is 2.03. The van der Waals surface area contributed by atoms with E-state index in [1.807, 2.05) is 66.3 Å². The summed E-state index contributed by atoms with van der Waals surface area (Å²) >= 11 is 1.62. The van der Waals surface area contributed by atoms with Crippen LogP contribution in [0.15, 0.2) is 54.6 Å². The Morgan fingerprint density at radius 2 is 1.73 bits per heavy atom. The molecule has 0 saturated carbocycles. The van der Waals surface area contributed by atoms with E-state index in [9.17, 15) is 0 Å². The molecule has 0 unspecified atom stereocenters. The molecular formula is C16H16ClN3OS. The summed E-state index contributed by atoms with van der Waals surface area (Å²) < 4.78 is 7.07. The van der Waals surface area contributed by atoms with E-state index in [2.05, 4.69) is 10.4 Å². The standard InChI is InChI=1S/C16H16N3OS.ClH/c1-19-15(12-8-10-14(20-2)11-9-12)21-16(18-19)17-13-6-4-3-5-7-13;/h3-11H,1-2H3,(H,17,18);1H/q+1;/p-1. The zero-order valence-electron chi connectivity index (χ0n) is 12.3. The number of para-hydroxylation sites is 1. The highest BCUT2D eigenvalue weighted by molar-refractivity contribution is 7.18. The van der Waals surface area contributed by atoms with E-state index in [1.54, 1.807) is 18.4 Å². The lowest BCUT2D eigenvalue weighted by Crippen LogP contribution is -3.00. The molecule has 3 rings (SSSR count). The molecule has 0 aliphatic heterocycles. The Morgan fingerprint density at radius 3 is 2.36 bits per heavy atom. The van der Waals surface area contributed by atoms with Gasteiger partial charge in [0.25, 0.3) is 10.1 Å². The number of anilines is 2. The van der Waals surface area contributed by atoms with Crippen LogP contribution in [0.5, 0.6) is 5.75 Å². The first-order valence-electron chi connectivity index (χ1n) is 6.60. The predicted molar refractivity (Wildman–Crippen MR) is 85.0 cm³/mol. The first-order valence-corrected chi connectivity index (χ1v) is 7.41. The average molecular weight is 334 g/mol. The number of hydrogen-bond acceptors (Lipinski definition) is 4. The molecule has 1 N–H and O–H groups in total. The van der Waals surface area contributed by atoms with Gasteiger partial charge in [0.15, 0.2) is 7.05 Å².